The minimum Gasteiger partial charge on any atom is -0.459 e. The molecule has 30 heavy (non-hydrogen) atoms. The van der Waals surface area contributed by atoms with Gasteiger partial charge in [-0.15, -0.1) is 0 Å². The van der Waals surface area contributed by atoms with Crippen LogP contribution < -0.4 is 5.32 Å². The lowest BCUT2D eigenvalue weighted by Crippen LogP contribution is -2.49. The molecule has 0 aromatic carbocycles. The number of amides is 2. The molecule has 3 atom stereocenters. The van der Waals surface area contributed by atoms with E-state index in [1.54, 1.807) is 6.08 Å². The molecule has 3 rings (SSSR count). The van der Waals surface area contributed by atoms with Crippen LogP contribution in [-0.4, -0.2) is 41.7 Å². The fourth-order valence-corrected chi connectivity index (χ4v) is 5.02. The highest BCUT2D eigenvalue weighted by atomic mass is 19.2. The number of fused-ring (bicyclic) bond motifs is 1. The van der Waals surface area contributed by atoms with Gasteiger partial charge >= 0.3 is 0 Å². The molecule has 1 heterocycles. The summed E-state index contributed by atoms with van der Waals surface area (Å²) in [6.45, 7) is 4.11. The summed E-state index contributed by atoms with van der Waals surface area (Å²) in [7, 11) is 0. The van der Waals surface area contributed by atoms with Crippen molar-refractivity contribution in [2.24, 2.45) is 11.8 Å². The maximum absolute atomic E-state index is 13.6. The molecule has 0 bridgehead atoms. The van der Waals surface area contributed by atoms with Crippen LogP contribution in [-0.2, 0) is 14.3 Å². The summed E-state index contributed by atoms with van der Waals surface area (Å²) in [6, 6.07) is 0.436. The maximum Gasteiger partial charge on any atom is 0.242 e. The van der Waals surface area contributed by atoms with Gasteiger partial charge in [-0.05, 0) is 56.6 Å². The van der Waals surface area contributed by atoms with Crippen LogP contribution in [0.15, 0.2) is 24.0 Å². The van der Waals surface area contributed by atoms with Crippen molar-refractivity contribution in [2.75, 3.05) is 13.1 Å². The van der Waals surface area contributed by atoms with E-state index in [4.69, 9.17) is 4.74 Å². The number of allylic oxidation sites excluding steroid dienone is 2. The van der Waals surface area contributed by atoms with Crippen LogP contribution in [0.4, 0.5) is 4.39 Å². The standard InChI is InChI=1S/C24H37FN2O3/c1-24(2,25)30-20-11-5-8-18(16-20)17-26-22(28)13-6-14-23(29)27-15-7-10-19-9-3-4-12-21(19)27/h5,11,16,18-19,21H,3-4,6-10,12-15,17H2,1-2H3,(H,26,28). The van der Waals surface area contributed by atoms with Gasteiger partial charge < -0.3 is 15.0 Å². The van der Waals surface area contributed by atoms with Crippen molar-refractivity contribution in [3.05, 3.63) is 24.0 Å². The Morgan fingerprint density at radius 3 is 2.77 bits per heavy atom. The van der Waals surface area contributed by atoms with E-state index >= 15 is 0 Å². The van der Waals surface area contributed by atoms with E-state index < -0.39 is 5.85 Å². The lowest BCUT2D eigenvalue weighted by molar-refractivity contribution is -0.137. The van der Waals surface area contributed by atoms with Gasteiger partial charge in [0.15, 0.2) is 0 Å². The van der Waals surface area contributed by atoms with Crippen LogP contribution in [0.25, 0.3) is 0 Å². The first-order valence-corrected chi connectivity index (χ1v) is 11.6. The number of hydrogen-bond acceptors (Lipinski definition) is 3. The Morgan fingerprint density at radius 2 is 1.97 bits per heavy atom. The normalized spacial score (nSPS) is 26.6. The summed E-state index contributed by atoms with van der Waals surface area (Å²) in [5, 5.41) is 2.94. The number of alkyl halides is 1. The molecule has 1 saturated carbocycles. The monoisotopic (exact) mass is 420 g/mol. The number of nitrogens with one attached hydrogen (secondary N) is 1. The molecule has 2 fully saturated rings. The third-order valence-corrected chi connectivity index (χ3v) is 6.40. The second-order valence-corrected chi connectivity index (χ2v) is 9.43. The van der Waals surface area contributed by atoms with Crippen molar-refractivity contribution in [3.63, 3.8) is 0 Å². The minimum absolute atomic E-state index is 0.0340. The molecule has 6 heteroatoms. The molecule has 1 aliphatic heterocycles. The van der Waals surface area contributed by atoms with Gasteiger partial charge in [-0.3, -0.25) is 9.59 Å². The summed E-state index contributed by atoms with van der Waals surface area (Å²) in [6.07, 6.45) is 15.1. The van der Waals surface area contributed by atoms with Crippen LogP contribution in [0.3, 0.4) is 0 Å². The number of piperidine rings is 1. The molecule has 3 aliphatic rings. The summed E-state index contributed by atoms with van der Waals surface area (Å²) in [5.74, 6) is -0.256. The van der Waals surface area contributed by atoms with Gasteiger partial charge in [-0.1, -0.05) is 18.9 Å². The Labute approximate surface area is 180 Å². The lowest BCUT2D eigenvalue weighted by Gasteiger charge is -2.44. The topological polar surface area (TPSA) is 58.6 Å². The first-order chi connectivity index (χ1) is 14.3. The van der Waals surface area contributed by atoms with Gasteiger partial charge in [0, 0.05) is 51.7 Å². The van der Waals surface area contributed by atoms with Gasteiger partial charge in [0.2, 0.25) is 17.7 Å². The fraction of sp³-hybridized carbons (Fsp3) is 0.750. The van der Waals surface area contributed by atoms with Crippen molar-refractivity contribution < 1.29 is 18.7 Å². The van der Waals surface area contributed by atoms with Crippen molar-refractivity contribution in [2.45, 2.75) is 90.0 Å². The molecule has 0 aromatic heterocycles. The van der Waals surface area contributed by atoms with Gasteiger partial charge in [-0.25, -0.2) is 0 Å². The molecule has 3 unspecified atom stereocenters. The first kappa shape index (κ1) is 22.8. The Bertz CT molecular complexity index is 666. The zero-order chi connectivity index (χ0) is 21.6. The quantitative estimate of drug-likeness (QED) is 0.622. The molecule has 0 aromatic rings. The molecule has 2 amide bonds. The zero-order valence-corrected chi connectivity index (χ0v) is 18.5. The number of hydrogen-bond donors (Lipinski definition) is 1. The molecular formula is C24H37FN2O3. The Hall–Kier alpha value is -1.85. The van der Waals surface area contributed by atoms with E-state index in [-0.39, 0.29) is 17.7 Å². The van der Waals surface area contributed by atoms with E-state index in [0.717, 1.165) is 25.8 Å². The van der Waals surface area contributed by atoms with E-state index in [9.17, 15) is 14.0 Å². The van der Waals surface area contributed by atoms with Crippen molar-refractivity contribution >= 4 is 11.8 Å². The molecule has 1 N–H and O–H groups in total. The Morgan fingerprint density at radius 1 is 1.20 bits per heavy atom. The number of carbonyl (C=O) groups excluding carboxylic acids is 2. The number of nitrogens with zero attached hydrogens (tertiary/aromatic N) is 1. The zero-order valence-electron chi connectivity index (χ0n) is 18.5. The highest BCUT2D eigenvalue weighted by Gasteiger charge is 2.35. The Balaban J connectivity index is 1.36. The predicted molar refractivity (Wildman–Crippen MR) is 115 cm³/mol. The smallest absolute Gasteiger partial charge is 0.242 e. The van der Waals surface area contributed by atoms with E-state index in [2.05, 4.69) is 10.2 Å². The van der Waals surface area contributed by atoms with Crippen molar-refractivity contribution in [3.8, 4) is 0 Å². The molecule has 1 saturated heterocycles. The van der Waals surface area contributed by atoms with Crippen LogP contribution in [0, 0.1) is 11.8 Å². The summed E-state index contributed by atoms with van der Waals surface area (Å²) in [5.41, 5.74) is 0. The SMILES string of the molecule is CC(C)(F)OC1=CC(CNC(=O)CCCC(=O)N2CCCC3CCCCC32)CC=C1. The van der Waals surface area contributed by atoms with Gasteiger partial charge in [-0.2, -0.15) is 4.39 Å². The van der Waals surface area contributed by atoms with Crippen LogP contribution in [0.2, 0.25) is 0 Å². The highest BCUT2D eigenvalue weighted by molar-refractivity contribution is 5.79. The molecule has 5 nitrogen and oxygen atoms in total. The van der Waals surface area contributed by atoms with Crippen molar-refractivity contribution in [1.82, 2.24) is 10.2 Å². The second-order valence-electron chi connectivity index (χ2n) is 9.43. The van der Waals surface area contributed by atoms with Crippen molar-refractivity contribution in [1.29, 1.82) is 0 Å². The van der Waals surface area contributed by atoms with Gasteiger partial charge in [0.25, 0.3) is 0 Å². The van der Waals surface area contributed by atoms with Crippen LogP contribution >= 0.6 is 0 Å². The maximum atomic E-state index is 13.6. The molecule has 2 aliphatic carbocycles. The van der Waals surface area contributed by atoms with Crippen LogP contribution in [0.5, 0.6) is 0 Å². The molecule has 0 spiro atoms. The lowest BCUT2D eigenvalue weighted by atomic mass is 9.78. The van der Waals surface area contributed by atoms with E-state index in [0.29, 0.717) is 43.5 Å². The number of likely N-dealkylation sites (tertiary alicyclic amines) is 1. The number of ether oxygens (including phenoxy) is 1. The summed E-state index contributed by atoms with van der Waals surface area (Å²) in [4.78, 5) is 27.0. The first-order valence-electron chi connectivity index (χ1n) is 11.6. The van der Waals surface area contributed by atoms with Gasteiger partial charge in [0.05, 0.1) is 0 Å². The summed E-state index contributed by atoms with van der Waals surface area (Å²) >= 11 is 0. The van der Waals surface area contributed by atoms with Crippen LogP contribution in [0.1, 0.15) is 78.1 Å². The van der Waals surface area contributed by atoms with E-state index in [1.165, 1.54) is 39.5 Å². The average Bonchev–Trinajstić information content (AvgIpc) is 2.71. The second kappa shape index (κ2) is 10.5. The largest absolute Gasteiger partial charge is 0.459 e. The third kappa shape index (κ3) is 6.85. The summed E-state index contributed by atoms with van der Waals surface area (Å²) < 4.78 is 18.9. The number of halogens is 1. The highest BCUT2D eigenvalue weighted by Crippen LogP contribution is 2.35. The fourth-order valence-electron chi connectivity index (χ4n) is 5.02. The molecular weight excluding hydrogens is 383 g/mol. The third-order valence-electron chi connectivity index (χ3n) is 6.40. The Kier molecular flexibility index (Phi) is 7.95. The average molecular weight is 421 g/mol. The van der Waals surface area contributed by atoms with Gasteiger partial charge in [0.1, 0.15) is 5.76 Å². The molecule has 0 radical (unpaired) electrons. The number of carbonyl (C=O) groups is 2. The predicted octanol–water partition coefficient (Wildman–Crippen LogP) is 4.64. The molecule has 168 valence electrons. The number of rotatable bonds is 8. The minimum atomic E-state index is -1.72. The van der Waals surface area contributed by atoms with E-state index in [1.807, 2.05) is 12.2 Å².